The Labute approximate surface area is 126 Å². The van der Waals surface area contributed by atoms with E-state index in [1.807, 2.05) is 4.68 Å². The van der Waals surface area contributed by atoms with Crippen molar-refractivity contribution in [1.29, 1.82) is 0 Å². The van der Waals surface area contributed by atoms with Crippen molar-refractivity contribution in [3.8, 4) is 0 Å². The van der Waals surface area contributed by atoms with Gasteiger partial charge in [-0.1, -0.05) is 0 Å². The molecule has 1 saturated heterocycles. The molecule has 1 atom stereocenters. The smallest absolute Gasteiger partial charge is 0.0764 e. The summed E-state index contributed by atoms with van der Waals surface area (Å²) in [5.74, 6) is 0.552. The first-order valence-electron chi connectivity index (χ1n) is 7.90. The van der Waals surface area contributed by atoms with Gasteiger partial charge in [0.05, 0.1) is 11.4 Å². The summed E-state index contributed by atoms with van der Waals surface area (Å²) in [5, 5.41) is 12.2. The van der Waals surface area contributed by atoms with Crippen LogP contribution in [0.15, 0.2) is 18.3 Å². The molecule has 0 saturated carbocycles. The lowest BCUT2D eigenvalue weighted by Crippen LogP contribution is -2.34. The fourth-order valence-corrected chi connectivity index (χ4v) is 3.07. The second-order valence-electron chi connectivity index (χ2n) is 6.43. The number of aromatic nitrogens is 4. The molecule has 1 fully saturated rings. The number of H-pyrrole nitrogens is 1. The van der Waals surface area contributed by atoms with Gasteiger partial charge in [-0.25, -0.2) is 0 Å². The Kier molecular flexibility index (Phi) is 4.10. The predicted octanol–water partition coefficient (Wildman–Crippen LogP) is 2.88. The summed E-state index contributed by atoms with van der Waals surface area (Å²) in [4.78, 5) is 2.51. The predicted molar refractivity (Wildman–Crippen MR) is 83.2 cm³/mol. The Morgan fingerprint density at radius 3 is 2.95 bits per heavy atom. The van der Waals surface area contributed by atoms with Gasteiger partial charge in [0, 0.05) is 36.9 Å². The van der Waals surface area contributed by atoms with E-state index in [4.69, 9.17) is 0 Å². The van der Waals surface area contributed by atoms with E-state index in [0.29, 0.717) is 12.0 Å². The standard InChI is InChI=1S/C16H25N5/c1-12(2)21-8-6-15(19-21)11-20-7-4-5-14(10-20)16-9-13(3)17-18-16/h6,8-9,12,14H,4-5,7,10-11H2,1-3H3,(H,17,18). The monoisotopic (exact) mass is 287 g/mol. The van der Waals surface area contributed by atoms with Crippen molar-refractivity contribution in [2.75, 3.05) is 13.1 Å². The minimum atomic E-state index is 0.430. The van der Waals surface area contributed by atoms with Gasteiger partial charge in [0.1, 0.15) is 0 Å². The number of aromatic amines is 1. The number of hydrogen-bond acceptors (Lipinski definition) is 3. The molecule has 0 radical (unpaired) electrons. The molecule has 3 rings (SSSR count). The highest BCUT2D eigenvalue weighted by Crippen LogP contribution is 2.26. The Morgan fingerprint density at radius 2 is 2.29 bits per heavy atom. The molecule has 1 aliphatic rings. The molecule has 0 bridgehead atoms. The number of aryl methyl sites for hydroxylation is 1. The summed E-state index contributed by atoms with van der Waals surface area (Å²) in [7, 11) is 0. The lowest BCUT2D eigenvalue weighted by Gasteiger charge is -2.31. The van der Waals surface area contributed by atoms with Gasteiger partial charge in [0.15, 0.2) is 0 Å². The van der Waals surface area contributed by atoms with Crippen LogP contribution in [0.25, 0.3) is 0 Å². The first kappa shape index (κ1) is 14.3. The summed E-state index contributed by atoms with van der Waals surface area (Å²) >= 11 is 0. The zero-order valence-electron chi connectivity index (χ0n) is 13.2. The van der Waals surface area contributed by atoms with Gasteiger partial charge >= 0.3 is 0 Å². The van der Waals surface area contributed by atoms with E-state index in [1.165, 1.54) is 24.2 Å². The highest BCUT2D eigenvalue weighted by molar-refractivity contribution is 5.13. The zero-order chi connectivity index (χ0) is 14.8. The molecule has 5 heteroatoms. The molecule has 3 heterocycles. The van der Waals surface area contributed by atoms with Crippen molar-refractivity contribution >= 4 is 0 Å². The van der Waals surface area contributed by atoms with Crippen LogP contribution in [0.3, 0.4) is 0 Å². The zero-order valence-corrected chi connectivity index (χ0v) is 13.2. The van der Waals surface area contributed by atoms with Gasteiger partial charge < -0.3 is 0 Å². The molecule has 2 aromatic rings. The summed E-state index contributed by atoms with van der Waals surface area (Å²) < 4.78 is 2.04. The Hall–Kier alpha value is -1.62. The second kappa shape index (κ2) is 6.02. The van der Waals surface area contributed by atoms with Gasteiger partial charge in [0.2, 0.25) is 0 Å². The van der Waals surface area contributed by atoms with Gasteiger partial charge in [-0.3, -0.25) is 14.7 Å². The first-order valence-corrected chi connectivity index (χ1v) is 7.90. The highest BCUT2D eigenvalue weighted by atomic mass is 15.3. The molecule has 0 amide bonds. The summed E-state index contributed by atoms with van der Waals surface area (Å²) in [6.07, 6.45) is 4.56. The molecule has 0 spiro atoms. The second-order valence-corrected chi connectivity index (χ2v) is 6.43. The largest absolute Gasteiger partial charge is 0.297 e. The summed E-state index contributed by atoms with van der Waals surface area (Å²) in [6.45, 7) is 9.57. The normalized spacial score (nSPS) is 20.3. The van der Waals surface area contributed by atoms with Crippen molar-refractivity contribution < 1.29 is 0 Å². The average molecular weight is 287 g/mol. The van der Waals surface area contributed by atoms with E-state index in [1.54, 1.807) is 0 Å². The van der Waals surface area contributed by atoms with Crippen LogP contribution in [-0.4, -0.2) is 38.0 Å². The molecule has 0 aromatic carbocycles. The van der Waals surface area contributed by atoms with Crippen molar-refractivity contribution in [2.45, 2.75) is 52.1 Å². The van der Waals surface area contributed by atoms with Gasteiger partial charge in [0.25, 0.3) is 0 Å². The summed E-state index contributed by atoms with van der Waals surface area (Å²) in [5.41, 5.74) is 3.53. The maximum Gasteiger partial charge on any atom is 0.0764 e. The lowest BCUT2D eigenvalue weighted by atomic mass is 9.94. The maximum atomic E-state index is 4.66. The average Bonchev–Trinajstić information content (AvgIpc) is 3.08. The lowest BCUT2D eigenvalue weighted by molar-refractivity contribution is 0.195. The third-order valence-electron chi connectivity index (χ3n) is 4.23. The van der Waals surface area contributed by atoms with Crippen molar-refractivity contribution in [1.82, 2.24) is 24.9 Å². The number of likely N-dealkylation sites (tertiary alicyclic amines) is 1. The van der Waals surface area contributed by atoms with Gasteiger partial charge in [-0.15, -0.1) is 0 Å². The van der Waals surface area contributed by atoms with Crippen LogP contribution < -0.4 is 0 Å². The molecule has 114 valence electrons. The fourth-order valence-electron chi connectivity index (χ4n) is 3.07. The topological polar surface area (TPSA) is 49.7 Å². The number of hydrogen-bond donors (Lipinski definition) is 1. The van der Waals surface area contributed by atoms with Crippen molar-refractivity contribution in [3.05, 3.63) is 35.4 Å². The van der Waals surface area contributed by atoms with Crippen LogP contribution in [0.2, 0.25) is 0 Å². The molecular formula is C16H25N5. The van der Waals surface area contributed by atoms with Crippen LogP contribution in [0, 0.1) is 6.92 Å². The number of nitrogens with zero attached hydrogens (tertiary/aromatic N) is 4. The molecule has 1 aliphatic heterocycles. The van der Waals surface area contributed by atoms with Crippen LogP contribution in [-0.2, 0) is 6.54 Å². The van der Waals surface area contributed by atoms with Gasteiger partial charge in [-0.05, 0) is 52.3 Å². The van der Waals surface area contributed by atoms with Gasteiger partial charge in [-0.2, -0.15) is 10.2 Å². The van der Waals surface area contributed by atoms with Crippen LogP contribution in [0.4, 0.5) is 0 Å². The first-order chi connectivity index (χ1) is 10.1. The van der Waals surface area contributed by atoms with Crippen LogP contribution in [0.5, 0.6) is 0 Å². The SMILES string of the molecule is Cc1cc(C2CCCN(Cc3ccn(C(C)C)n3)C2)n[nH]1. The molecule has 0 aliphatic carbocycles. The Bertz CT molecular complexity index is 583. The molecule has 21 heavy (non-hydrogen) atoms. The minimum absolute atomic E-state index is 0.430. The highest BCUT2D eigenvalue weighted by Gasteiger charge is 2.23. The van der Waals surface area contributed by atoms with Crippen molar-refractivity contribution in [2.24, 2.45) is 0 Å². The van der Waals surface area contributed by atoms with Crippen LogP contribution in [0.1, 0.15) is 55.7 Å². The Balaban J connectivity index is 1.63. The molecule has 5 nitrogen and oxygen atoms in total. The van der Waals surface area contributed by atoms with Crippen molar-refractivity contribution in [3.63, 3.8) is 0 Å². The minimum Gasteiger partial charge on any atom is -0.297 e. The van der Waals surface area contributed by atoms with E-state index in [0.717, 1.165) is 25.3 Å². The van der Waals surface area contributed by atoms with Crippen LogP contribution >= 0.6 is 0 Å². The molecule has 2 aromatic heterocycles. The molecule has 1 unspecified atom stereocenters. The molecular weight excluding hydrogens is 262 g/mol. The van der Waals surface area contributed by atoms with E-state index in [9.17, 15) is 0 Å². The van der Waals surface area contributed by atoms with E-state index in [-0.39, 0.29) is 0 Å². The maximum absolute atomic E-state index is 4.66. The number of nitrogens with one attached hydrogen (secondary N) is 1. The molecule has 1 N–H and O–H groups in total. The quantitative estimate of drug-likeness (QED) is 0.940. The van der Waals surface area contributed by atoms with E-state index in [2.05, 4.69) is 59.3 Å². The fraction of sp³-hybridized carbons (Fsp3) is 0.625. The third-order valence-corrected chi connectivity index (χ3v) is 4.23. The van der Waals surface area contributed by atoms with E-state index >= 15 is 0 Å². The summed E-state index contributed by atoms with van der Waals surface area (Å²) in [6, 6.07) is 4.75. The third kappa shape index (κ3) is 3.35. The Morgan fingerprint density at radius 1 is 1.43 bits per heavy atom. The number of rotatable bonds is 4. The number of piperidine rings is 1. The van der Waals surface area contributed by atoms with E-state index < -0.39 is 0 Å².